The summed E-state index contributed by atoms with van der Waals surface area (Å²) in [4.78, 5) is 21.2. The number of rotatable bonds is 6. The Labute approximate surface area is 147 Å². The summed E-state index contributed by atoms with van der Waals surface area (Å²) in [5.41, 5.74) is -2.64. The lowest BCUT2D eigenvalue weighted by Crippen LogP contribution is -2.38. The number of benzene rings is 2. The van der Waals surface area contributed by atoms with Crippen LogP contribution in [0.5, 0.6) is 0 Å². The quantitative estimate of drug-likeness (QED) is 0.460. The molecular weight excluding hydrogens is 374 g/mol. The Bertz CT molecular complexity index is 927. The van der Waals surface area contributed by atoms with Crippen molar-refractivity contribution in [2.45, 2.75) is 17.4 Å². The number of halogens is 1. The third-order valence-corrected chi connectivity index (χ3v) is 5.14. The largest absolute Gasteiger partial charge is 0.479 e. The summed E-state index contributed by atoms with van der Waals surface area (Å²) in [7, 11) is -4.53. The van der Waals surface area contributed by atoms with E-state index in [4.69, 9.17) is 15.8 Å². The lowest BCUT2D eigenvalue weighted by atomic mass is 9.96. The van der Waals surface area contributed by atoms with E-state index < -0.39 is 31.5 Å². The summed E-state index contributed by atoms with van der Waals surface area (Å²) >= 11 is 5.97. The number of non-ortho nitro benzene ring substituents is 1. The van der Waals surface area contributed by atoms with Crippen molar-refractivity contribution in [3.8, 4) is 0 Å². The number of carbonyl (C=O) groups is 1. The molecule has 0 radical (unpaired) electrons. The minimum Gasteiger partial charge on any atom is -0.479 e. The molecule has 1 N–H and O–H groups in total. The number of nitro groups is 1. The van der Waals surface area contributed by atoms with Crippen molar-refractivity contribution >= 4 is 33.4 Å². The molecule has 0 saturated heterocycles. The summed E-state index contributed by atoms with van der Waals surface area (Å²) < 4.78 is 29.8. The lowest BCUT2D eigenvalue weighted by molar-refractivity contribution is -0.384. The van der Waals surface area contributed by atoms with E-state index in [1.54, 1.807) is 6.07 Å². The molecule has 8 nitrogen and oxygen atoms in total. The predicted octanol–water partition coefficient (Wildman–Crippen LogP) is 2.95. The molecule has 0 spiro atoms. The number of carboxylic acid groups (broad SMARTS) is 1. The van der Waals surface area contributed by atoms with Gasteiger partial charge in [0.15, 0.2) is 0 Å². The highest BCUT2D eigenvalue weighted by Crippen LogP contribution is 2.35. The number of hydrogen-bond donors (Lipinski definition) is 1. The molecule has 10 heteroatoms. The first-order chi connectivity index (χ1) is 11.6. The molecule has 0 heterocycles. The van der Waals surface area contributed by atoms with Crippen molar-refractivity contribution in [2.75, 3.05) is 0 Å². The zero-order valence-corrected chi connectivity index (χ0v) is 14.3. The molecule has 0 aliphatic heterocycles. The minimum absolute atomic E-state index is 0.0197. The molecule has 132 valence electrons. The van der Waals surface area contributed by atoms with Crippen LogP contribution < -0.4 is 0 Å². The summed E-state index contributed by atoms with van der Waals surface area (Å²) in [6, 6.07) is 9.66. The predicted molar refractivity (Wildman–Crippen MR) is 87.8 cm³/mol. The van der Waals surface area contributed by atoms with Crippen LogP contribution in [-0.4, -0.2) is 24.4 Å². The van der Waals surface area contributed by atoms with E-state index >= 15 is 0 Å². The highest BCUT2D eigenvalue weighted by atomic mass is 35.5. The van der Waals surface area contributed by atoms with Gasteiger partial charge in [-0.3, -0.25) is 10.1 Å². The molecule has 0 fully saturated rings. The van der Waals surface area contributed by atoms with Gasteiger partial charge >= 0.3 is 5.97 Å². The molecule has 0 aromatic heterocycles. The second-order valence-corrected chi connectivity index (χ2v) is 7.06. The summed E-state index contributed by atoms with van der Waals surface area (Å²) in [5, 5.41) is 20.2. The Morgan fingerprint density at radius 2 is 1.76 bits per heavy atom. The van der Waals surface area contributed by atoms with Crippen molar-refractivity contribution < 1.29 is 27.4 Å². The summed E-state index contributed by atoms with van der Waals surface area (Å²) in [6.45, 7) is 1.06. The molecule has 2 aromatic rings. The van der Waals surface area contributed by atoms with E-state index in [2.05, 4.69) is 0 Å². The highest BCUT2D eigenvalue weighted by molar-refractivity contribution is 7.86. The molecule has 2 aromatic carbocycles. The number of nitro benzene ring substituents is 1. The van der Waals surface area contributed by atoms with E-state index in [-0.39, 0.29) is 16.3 Å². The van der Waals surface area contributed by atoms with Gasteiger partial charge in [0.1, 0.15) is 0 Å². The van der Waals surface area contributed by atoms with Gasteiger partial charge < -0.3 is 5.11 Å². The van der Waals surface area contributed by atoms with Crippen LogP contribution in [0.15, 0.2) is 53.4 Å². The van der Waals surface area contributed by atoms with Crippen LogP contribution in [0.3, 0.4) is 0 Å². The molecule has 0 aliphatic carbocycles. The van der Waals surface area contributed by atoms with Crippen LogP contribution in [0.25, 0.3) is 0 Å². The normalized spacial score (nSPS) is 13.8. The standard InChI is InChI=1S/C15H12ClNO7S/c1-15(14(18)19,12-4-2-3-5-13(12)16)24-25(22,23)11-8-6-10(7-9-11)17(20)21/h2-9H,1H3,(H,18,19)/t15-/m1/s1. The van der Waals surface area contributed by atoms with Crippen LogP contribution in [0, 0.1) is 10.1 Å². The zero-order chi connectivity index (χ0) is 18.8. The monoisotopic (exact) mass is 385 g/mol. The van der Waals surface area contributed by atoms with Gasteiger partial charge in [-0.15, -0.1) is 0 Å². The second-order valence-electron chi connectivity index (χ2n) is 5.11. The molecule has 0 amide bonds. The van der Waals surface area contributed by atoms with Crippen molar-refractivity contribution in [3.63, 3.8) is 0 Å². The van der Waals surface area contributed by atoms with E-state index in [0.29, 0.717) is 0 Å². The minimum atomic E-state index is -4.53. The van der Waals surface area contributed by atoms with Gasteiger partial charge in [-0.2, -0.15) is 8.42 Å². The molecule has 1 atom stereocenters. The average molecular weight is 386 g/mol. The van der Waals surface area contributed by atoms with Gasteiger partial charge in [-0.1, -0.05) is 29.8 Å². The third-order valence-electron chi connectivity index (χ3n) is 3.41. The smallest absolute Gasteiger partial charge is 0.342 e. The Hall–Kier alpha value is -2.49. The Morgan fingerprint density at radius 3 is 2.24 bits per heavy atom. The van der Waals surface area contributed by atoms with Crippen LogP contribution >= 0.6 is 11.6 Å². The van der Waals surface area contributed by atoms with Gasteiger partial charge in [0, 0.05) is 22.7 Å². The Morgan fingerprint density at radius 1 is 1.20 bits per heavy atom. The molecule has 25 heavy (non-hydrogen) atoms. The van der Waals surface area contributed by atoms with Crippen LogP contribution in [0.2, 0.25) is 5.02 Å². The van der Waals surface area contributed by atoms with Gasteiger partial charge in [-0.05, 0) is 25.1 Å². The first-order valence-corrected chi connectivity index (χ1v) is 8.55. The van der Waals surface area contributed by atoms with Crippen molar-refractivity contribution in [2.24, 2.45) is 0 Å². The van der Waals surface area contributed by atoms with Crippen molar-refractivity contribution in [3.05, 3.63) is 69.2 Å². The lowest BCUT2D eigenvalue weighted by Gasteiger charge is -2.25. The topological polar surface area (TPSA) is 124 Å². The molecule has 0 bridgehead atoms. The molecule has 0 aliphatic rings. The molecule has 0 unspecified atom stereocenters. The van der Waals surface area contributed by atoms with Crippen molar-refractivity contribution in [1.82, 2.24) is 0 Å². The van der Waals surface area contributed by atoms with E-state index in [1.165, 1.54) is 18.2 Å². The molecular formula is C15H12ClNO7S. The maximum atomic E-state index is 12.4. The maximum absolute atomic E-state index is 12.4. The van der Waals surface area contributed by atoms with Gasteiger partial charge in [0.2, 0.25) is 5.60 Å². The number of aliphatic carboxylic acids is 1. The van der Waals surface area contributed by atoms with Gasteiger partial charge in [0.05, 0.1) is 9.82 Å². The highest BCUT2D eigenvalue weighted by Gasteiger charge is 2.43. The van der Waals surface area contributed by atoms with Crippen molar-refractivity contribution in [1.29, 1.82) is 0 Å². The van der Waals surface area contributed by atoms with Crippen LogP contribution in [-0.2, 0) is 24.7 Å². The number of carboxylic acids is 1. The van der Waals surface area contributed by atoms with E-state index in [0.717, 1.165) is 31.2 Å². The fraction of sp³-hybridized carbons (Fsp3) is 0.133. The Balaban J connectivity index is 2.47. The summed E-state index contributed by atoms with van der Waals surface area (Å²) in [5.74, 6) is -1.56. The average Bonchev–Trinajstić information content (AvgIpc) is 2.54. The fourth-order valence-electron chi connectivity index (χ4n) is 2.05. The van der Waals surface area contributed by atoms with E-state index in [1.807, 2.05) is 0 Å². The molecule has 0 saturated carbocycles. The maximum Gasteiger partial charge on any atom is 0.342 e. The first-order valence-electron chi connectivity index (χ1n) is 6.76. The number of nitrogens with zero attached hydrogens (tertiary/aromatic N) is 1. The summed E-state index contributed by atoms with van der Waals surface area (Å²) in [6.07, 6.45) is 0. The number of hydrogen-bond acceptors (Lipinski definition) is 6. The second kappa shape index (κ2) is 6.79. The van der Waals surface area contributed by atoms with E-state index in [9.17, 15) is 28.4 Å². The first kappa shape index (κ1) is 18.8. The zero-order valence-electron chi connectivity index (χ0n) is 12.7. The van der Waals surface area contributed by atoms with Gasteiger partial charge in [0.25, 0.3) is 15.8 Å². The fourth-order valence-corrected chi connectivity index (χ4v) is 3.53. The molecule has 2 rings (SSSR count). The Kier molecular flexibility index (Phi) is 5.12. The van der Waals surface area contributed by atoms with Crippen LogP contribution in [0.1, 0.15) is 12.5 Å². The van der Waals surface area contributed by atoms with Crippen LogP contribution in [0.4, 0.5) is 5.69 Å². The third kappa shape index (κ3) is 3.78. The SMILES string of the molecule is C[C@](OS(=O)(=O)c1ccc([N+](=O)[O-])cc1)(C(=O)O)c1ccccc1Cl. The van der Waals surface area contributed by atoms with Gasteiger partial charge in [-0.25, -0.2) is 8.98 Å².